The van der Waals surface area contributed by atoms with E-state index in [4.69, 9.17) is 4.18 Å². The van der Waals surface area contributed by atoms with Crippen LogP contribution >= 0.6 is 0 Å². The molecule has 0 radical (unpaired) electrons. The minimum Gasteiger partial charge on any atom is -0.323 e. The van der Waals surface area contributed by atoms with Crippen LogP contribution in [0.4, 0.5) is 4.39 Å². The molecule has 0 rings (SSSR count). The van der Waals surface area contributed by atoms with Crippen molar-refractivity contribution in [2.45, 2.75) is 142 Å². The second kappa shape index (κ2) is 29.8. The summed E-state index contributed by atoms with van der Waals surface area (Å²) in [6.07, 6.45) is 24.3. The van der Waals surface area contributed by atoms with Gasteiger partial charge in [-0.2, -0.15) is 8.42 Å². The largest absolute Gasteiger partial charge is 0.323 e. The lowest BCUT2D eigenvalue weighted by atomic mass is 10.0. The zero-order valence-electron chi connectivity index (χ0n) is 22.5. The van der Waals surface area contributed by atoms with Gasteiger partial charge in [-0.25, -0.2) is 0 Å². The molecule has 0 aromatic heterocycles. The van der Waals surface area contributed by atoms with E-state index in [2.05, 4.69) is 12.2 Å². The second-order valence-corrected chi connectivity index (χ2v) is 11.1. The Morgan fingerprint density at radius 2 is 0.909 bits per heavy atom. The molecule has 6 heteroatoms. The Bertz CT molecular complexity index is 447. The molecule has 0 saturated heterocycles. The standard InChI is InChI=1S/C25H51FO3S.C2H7N/c1-2-3-4-5-6-7-8-9-10-12-15-18-21-24-29-30(27,28)25-22-19-16-13-11-14-17-20-23-26;1-3-2/h2-25H2,1H3;3H,1-2H3. The molecule has 202 valence electrons. The molecule has 0 aliphatic carbocycles. The van der Waals surface area contributed by atoms with Crippen LogP contribution in [0.5, 0.6) is 0 Å². The summed E-state index contributed by atoms with van der Waals surface area (Å²) < 4.78 is 40.9. The van der Waals surface area contributed by atoms with Gasteiger partial charge in [0.25, 0.3) is 10.1 Å². The van der Waals surface area contributed by atoms with E-state index >= 15 is 0 Å². The lowest BCUT2D eigenvalue weighted by molar-refractivity contribution is 0.305. The van der Waals surface area contributed by atoms with E-state index in [1.54, 1.807) is 0 Å². The fraction of sp³-hybridized carbons (Fsp3) is 1.00. The predicted octanol–water partition coefficient (Wildman–Crippen LogP) is 8.35. The first-order chi connectivity index (χ1) is 16.0. The fourth-order valence-corrected chi connectivity index (χ4v) is 4.85. The summed E-state index contributed by atoms with van der Waals surface area (Å²) in [5, 5.41) is 2.75. The number of hydrogen-bond donors (Lipinski definition) is 1. The summed E-state index contributed by atoms with van der Waals surface area (Å²) in [5.74, 6) is 0.146. The van der Waals surface area contributed by atoms with E-state index in [1.807, 2.05) is 14.1 Å². The molecule has 0 fully saturated rings. The van der Waals surface area contributed by atoms with E-state index in [0.29, 0.717) is 19.4 Å². The number of halogens is 1. The van der Waals surface area contributed by atoms with Crippen LogP contribution in [0.25, 0.3) is 0 Å². The van der Waals surface area contributed by atoms with Crippen molar-refractivity contribution in [1.29, 1.82) is 0 Å². The SMILES string of the molecule is CCCCCCCCCCCCCCCOS(=O)(=O)CCCCCCCCCCF.CNC. The first kappa shape index (κ1) is 35.0. The van der Waals surface area contributed by atoms with Gasteiger partial charge in [0.1, 0.15) is 0 Å². The highest BCUT2D eigenvalue weighted by molar-refractivity contribution is 7.86. The Morgan fingerprint density at radius 3 is 1.30 bits per heavy atom. The molecule has 1 N–H and O–H groups in total. The zero-order chi connectivity index (χ0) is 24.9. The van der Waals surface area contributed by atoms with Crippen molar-refractivity contribution in [1.82, 2.24) is 5.32 Å². The van der Waals surface area contributed by atoms with Gasteiger partial charge in [0.15, 0.2) is 0 Å². The van der Waals surface area contributed by atoms with Gasteiger partial charge in [-0.15, -0.1) is 0 Å². The van der Waals surface area contributed by atoms with Crippen LogP contribution in [0, 0.1) is 0 Å². The Hall–Kier alpha value is -0.200. The number of unbranched alkanes of at least 4 members (excludes halogenated alkanes) is 19. The first-order valence-electron chi connectivity index (χ1n) is 14.1. The van der Waals surface area contributed by atoms with Gasteiger partial charge in [0.2, 0.25) is 0 Å². The van der Waals surface area contributed by atoms with Crippen molar-refractivity contribution in [2.24, 2.45) is 0 Å². The third-order valence-electron chi connectivity index (χ3n) is 5.79. The van der Waals surface area contributed by atoms with Gasteiger partial charge in [0, 0.05) is 0 Å². The number of rotatable bonds is 25. The quantitative estimate of drug-likeness (QED) is 0.102. The average Bonchev–Trinajstić information content (AvgIpc) is 2.78. The van der Waals surface area contributed by atoms with Gasteiger partial charge < -0.3 is 5.32 Å². The van der Waals surface area contributed by atoms with Crippen LogP contribution in [-0.4, -0.2) is 41.5 Å². The summed E-state index contributed by atoms with van der Waals surface area (Å²) in [4.78, 5) is 0. The van der Waals surface area contributed by atoms with Gasteiger partial charge in [-0.05, 0) is 33.4 Å². The summed E-state index contributed by atoms with van der Waals surface area (Å²) in [6, 6.07) is 0. The molecule has 0 aromatic rings. The van der Waals surface area contributed by atoms with Crippen molar-refractivity contribution < 1.29 is 17.0 Å². The summed E-state index contributed by atoms with van der Waals surface area (Å²) in [6.45, 7) is 2.39. The lowest BCUT2D eigenvalue weighted by Crippen LogP contribution is -2.11. The average molecular weight is 496 g/mol. The Kier molecular flexibility index (Phi) is 31.6. The molecule has 0 saturated carbocycles. The third-order valence-corrected chi connectivity index (χ3v) is 7.10. The predicted molar refractivity (Wildman–Crippen MR) is 143 cm³/mol. The molecule has 0 aromatic carbocycles. The van der Waals surface area contributed by atoms with Gasteiger partial charge in [-0.1, -0.05) is 122 Å². The maximum absolute atomic E-state index is 12.0. The van der Waals surface area contributed by atoms with Crippen LogP contribution in [0.3, 0.4) is 0 Å². The molecule has 0 amide bonds. The molecule has 0 aliphatic rings. The van der Waals surface area contributed by atoms with Crippen molar-refractivity contribution >= 4 is 10.1 Å². The minimum absolute atomic E-state index is 0.146. The summed E-state index contributed by atoms with van der Waals surface area (Å²) >= 11 is 0. The number of hydrogen-bond acceptors (Lipinski definition) is 4. The maximum atomic E-state index is 12.0. The van der Waals surface area contributed by atoms with Crippen molar-refractivity contribution in [2.75, 3.05) is 33.1 Å². The first-order valence-corrected chi connectivity index (χ1v) is 15.6. The molecule has 0 heterocycles. The fourth-order valence-electron chi connectivity index (χ4n) is 3.80. The second-order valence-electron chi connectivity index (χ2n) is 9.34. The lowest BCUT2D eigenvalue weighted by Gasteiger charge is -2.06. The highest BCUT2D eigenvalue weighted by Crippen LogP contribution is 2.13. The van der Waals surface area contributed by atoms with Crippen LogP contribution in [0.15, 0.2) is 0 Å². The van der Waals surface area contributed by atoms with Gasteiger partial charge in [-0.3, -0.25) is 8.57 Å². The monoisotopic (exact) mass is 495 g/mol. The zero-order valence-corrected chi connectivity index (χ0v) is 23.3. The molecule has 0 aliphatic heterocycles. The maximum Gasteiger partial charge on any atom is 0.267 e. The van der Waals surface area contributed by atoms with E-state index in [-0.39, 0.29) is 12.4 Å². The number of alkyl halides is 1. The molecular weight excluding hydrogens is 437 g/mol. The Labute approximate surface area is 207 Å². The van der Waals surface area contributed by atoms with Crippen LogP contribution in [0.1, 0.15) is 142 Å². The third kappa shape index (κ3) is 34.0. The normalized spacial score (nSPS) is 11.4. The van der Waals surface area contributed by atoms with Crippen LogP contribution < -0.4 is 5.32 Å². The minimum atomic E-state index is -3.34. The van der Waals surface area contributed by atoms with E-state index in [9.17, 15) is 12.8 Å². The van der Waals surface area contributed by atoms with Gasteiger partial charge >= 0.3 is 0 Å². The van der Waals surface area contributed by atoms with E-state index in [1.165, 1.54) is 70.6 Å². The Balaban J connectivity index is 0. The topological polar surface area (TPSA) is 55.4 Å². The summed E-state index contributed by atoms with van der Waals surface area (Å²) in [5.41, 5.74) is 0. The molecule has 0 bridgehead atoms. The molecule has 0 spiro atoms. The van der Waals surface area contributed by atoms with E-state index < -0.39 is 10.1 Å². The van der Waals surface area contributed by atoms with Gasteiger partial charge in [0.05, 0.1) is 19.0 Å². The molecular formula is C27H58FNO3S. The number of nitrogens with one attached hydrogen (secondary N) is 1. The van der Waals surface area contributed by atoms with E-state index in [0.717, 1.165) is 51.4 Å². The van der Waals surface area contributed by atoms with Crippen LogP contribution in [-0.2, 0) is 14.3 Å². The van der Waals surface area contributed by atoms with Crippen molar-refractivity contribution in [3.8, 4) is 0 Å². The van der Waals surface area contributed by atoms with Crippen LogP contribution in [0.2, 0.25) is 0 Å². The Morgan fingerprint density at radius 1 is 0.576 bits per heavy atom. The highest BCUT2D eigenvalue weighted by Gasteiger charge is 2.10. The molecule has 33 heavy (non-hydrogen) atoms. The molecule has 4 nitrogen and oxygen atoms in total. The van der Waals surface area contributed by atoms with Crippen molar-refractivity contribution in [3.63, 3.8) is 0 Å². The smallest absolute Gasteiger partial charge is 0.267 e. The molecule has 0 atom stereocenters. The highest BCUT2D eigenvalue weighted by atomic mass is 32.2. The summed E-state index contributed by atoms with van der Waals surface area (Å²) in [7, 11) is 0.406. The molecule has 0 unspecified atom stereocenters. The van der Waals surface area contributed by atoms with Crippen molar-refractivity contribution in [3.05, 3.63) is 0 Å².